The third-order valence-electron chi connectivity index (χ3n) is 5.93. The Morgan fingerprint density at radius 3 is 1.84 bits per heavy atom. The van der Waals surface area contributed by atoms with Crippen molar-refractivity contribution in [2.24, 2.45) is 0 Å². The lowest BCUT2D eigenvalue weighted by Gasteiger charge is -2.20. The summed E-state index contributed by atoms with van der Waals surface area (Å²) in [5.74, 6) is 0. The van der Waals surface area contributed by atoms with Crippen LogP contribution >= 0.6 is 0 Å². The van der Waals surface area contributed by atoms with Crippen LogP contribution in [0.4, 0.5) is 0 Å². The van der Waals surface area contributed by atoms with Gasteiger partial charge in [0.2, 0.25) is 5.43 Å². The molecule has 0 spiro atoms. The highest BCUT2D eigenvalue weighted by atomic mass is 16.2. The SMILES string of the molecule is Cc1cccc2c3c(=O)cc(C(C)(C)C)c(=O)c3n3c(=O)c4ccccc4c(=O)n3c12. The lowest BCUT2D eigenvalue weighted by atomic mass is 9.85. The number of para-hydroxylation sites is 1. The molecule has 6 heteroatoms. The molecule has 0 aliphatic carbocycles. The molecule has 0 atom stereocenters. The average Bonchev–Trinajstić information content (AvgIpc) is 2.72. The van der Waals surface area contributed by atoms with Gasteiger partial charge in [-0.15, -0.1) is 0 Å². The molecule has 0 unspecified atom stereocenters. The van der Waals surface area contributed by atoms with Gasteiger partial charge in [0.25, 0.3) is 11.1 Å². The van der Waals surface area contributed by atoms with Crippen LogP contribution in [0.3, 0.4) is 0 Å². The van der Waals surface area contributed by atoms with Gasteiger partial charge in [0.15, 0.2) is 5.43 Å². The summed E-state index contributed by atoms with van der Waals surface area (Å²) in [7, 11) is 0. The van der Waals surface area contributed by atoms with E-state index in [4.69, 9.17) is 0 Å². The minimum absolute atomic E-state index is 0.0524. The highest BCUT2D eigenvalue weighted by Crippen LogP contribution is 2.25. The molecular weight excluding hydrogens is 392 g/mol. The summed E-state index contributed by atoms with van der Waals surface area (Å²) in [5.41, 5.74) is -0.857. The van der Waals surface area contributed by atoms with Gasteiger partial charge < -0.3 is 0 Å². The number of hydrogen-bond donors (Lipinski definition) is 0. The number of rotatable bonds is 0. The third kappa shape index (κ3) is 2.45. The van der Waals surface area contributed by atoms with Crippen molar-refractivity contribution in [3.05, 3.63) is 101 Å². The number of benzene rings is 3. The first-order valence-corrected chi connectivity index (χ1v) is 10.1. The van der Waals surface area contributed by atoms with Gasteiger partial charge in [0, 0.05) is 10.9 Å². The quantitative estimate of drug-likeness (QED) is 0.289. The molecular formula is C25H20N2O4. The van der Waals surface area contributed by atoms with Crippen LogP contribution in [-0.4, -0.2) is 9.03 Å². The van der Waals surface area contributed by atoms with E-state index < -0.39 is 22.0 Å². The summed E-state index contributed by atoms with van der Waals surface area (Å²) in [6.07, 6.45) is 0. The summed E-state index contributed by atoms with van der Waals surface area (Å²) in [4.78, 5) is 54.1. The van der Waals surface area contributed by atoms with Crippen LogP contribution in [0.1, 0.15) is 31.9 Å². The predicted molar refractivity (Wildman–Crippen MR) is 123 cm³/mol. The first kappa shape index (κ1) is 19.2. The molecule has 3 aromatic carbocycles. The molecule has 0 saturated carbocycles. The lowest BCUT2D eigenvalue weighted by molar-refractivity contribution is 0.585. The summed E-state index contributed by atoms with van der Waals surface area (Å²) in [5, 5.41) is 1.12. The number of aryl methyl sites for hydroxylation is 1. The zero-order chi connectivity index (χ0) is 22.2. The second kappa shape index (κ2) is 6.11. The Hall–Kier alpha value is -3.80. The van der Waals surface area contributed by atoms with Crippen molar-refractivity contribution >= 4 is 32.6 Å². The van der Waals surface area contributed by atoms with Gasteiger partial charge in [0.1, 0.15) is 5.52 Å². The van der Waals surface area contributed by atoms with Crippen molar-refractivity contribution in [1.29, 1.82) is 0 Å². The normalized spacial score (nSPS) is 12.4. The van der Waals surface area contributed by atoms with Gasteiger partial charge in [-0.3, -0.25) is 19.2 Å². The van der Waals surface area contributed by atoms with E-state index in [1.807, 2.05) is 33.8 Å². The van der Waals surface area contributed by atoms with Crippen molar-refractivity contribution in [3.63, 3.8) is 0 Å². The molecule has 0 saturated heterocycles. The van der Waals surface area contributed by atoms with Crippen LogP contribution in [0.2, 0.25) is 0 Å². The van der Waals surface area contributed by atoms with E-state index in [0.717, 1.165) is 10.1 Å². The lowest BCUT2D eigenvalue weighted by Crippen LogP contribution is -2.36. The van der Waals surface area contributed by atoms with Crippen molar-refractivity contribution in [2.75, 3.05) is 0 Å². The molecule has 2 heterocycles. The Morgan fingerprint density at radius 1 is 0.710 bits per heavy atom. The van der Waals surface area contributed by atoms with Gasteiger partial charge in [-0.25, -0.2) is 9.03 Å². The van der Waals surface area contributed by atoms with Crippen LogP contribution < -0.4 is 22.0 Å². The van der Waals surface area contributed by atoms with Crippen LogP contribution in [0.15, 0.2) is 67.7 Å². The summed E-state index contributed by atoms with van der Waals surface area (Å²) in [6, 6.07) is 13.2. The molecule has 6 nitrogen and oxygen atoms in total. The zero-order valence-electron chi connectivity index (χ0n) is 17.6. The second-order valence-electron chi connectivity index (χ2n) is 8.98. The number of fused-ring (bicyclic) bond motifs is 7. The molecule has 0 amide bonds. The van der Waals surface area contributed by atoms with Crippen LogP contribution in [0.5, 0.6) is 0 Å². The minimum Gasteiger partial charge on any atom is -0.289 e. The van der Waals surface area contributed by atoms with E-state index in [0.29, 0.717) is 16.5 Å². The van der Waals surface area contributed by atoms with E-state index in [9.17, 15) is 19.2 Å². The average molecular weight is 412 g/mol. The topological polar surface area (TPSA) is 77.1 Å². The Morgan fingerprint density at radius 2 is 1.26 bits per heavy atom. The van der Waals surface area contributed by atoms with Crippen LogP contribution in [0.25, 0.3) is 32.6 Å². The largest absolute Gasteiger partial charge is 0.289 e. The predicted octanol–water partition coefficient (Wildman–Crippen LogP) is 2.98. The fourth-order valence-corrected chi connectivity index (χ4v) is 4.46. The molecule has 2 aromatic heterocycles. The first-order valence-electron chi connectivity index (χ1n) is 10.1. The minimum atomic E-state index is -0.607. The van der Waals surface area contributed by atoms with E-state index in [-0.39, 0.29) is 27.1 Å². The molecule has 0 fully saturated rings. The molecule has 5 rings (SSSR count). The maximum Gasteiger partial charge on any atom is 0.278 e. The second-order valence-corrected chi connectivity index (χ2v) is 8.98. The Kier molecular flexibility index (Phi) is 3.78. The maximum absolute atomic E-state index is 13.7. The standard InChI is InChI=1S/C25H20N2O4/c1-13-8-7-11-16-19-18(28)12-17(25(2,3)4)22(29)21(19)27-24(31)15-10-6-5-9-14(15)23(30)26(27)20(13)16/h5-12H,1-4H3. The maximum atomic E-state index is 13.7. The smallest absolute Gasteiger partial charge is 0.278 e. The van der Waals surface area contributed by atoms with Crippen molar-refractivity contribution in [2.45, 2.75) is 33.1 Å². The zero-order valence-corrected chi connectivity index (χ0v) is 17.6. The highest BCUT2D eigenvalue weighted by molar-refractivity contribution is 6.05. The Labute approximate surface area is 175 Å². The molecule has 31 heavy (non-hydrogen) atoms. The van der Waals surface area contributed by atoms with Crippen molar-refractivity contribution in [1.82, 2.24) is 9.03 Å². The van der Waals surface area contributed by atoms with Gasteiger partial charge in [-0.05, 0) is 36.1 Å². The summed E-state index contributed by atoms with van der Waals surface area (Å²) >= 11 is 0. The number of hydrogen-bond acceptors (Lipinski definition) is 4. The van der Waals surface area contributed by atoms with Gasteiger partial charge in [0.05, 0.1) is 21.7 Å². The van der Waals surface area contributed by atoms with E-state index >= 15 is 0 Å². The molecule has 0 aliphatic heterocycles. The Balaban J connectivity index is 2.34. The summed E-state index contributed by atoms with van der Waals surface area (Å²) < 4.78 is 2.36. The molecule has 0 aliphatic rings. The monoisotopic (exact) mass is 412 g/mol. The molecule has 154 valence electrons. The van der Waals surface area contributed by atoms with Crippen LogP contribution in [0, 0.1) is 6.92 Å². The van der Waals surface area contributed by atoms with Gasteiger partial charge in [-0.1, -0.05) is 51.1 Å². The Bertz CT molecular complexity index is 1810. The fourth-order valence-electron chi connectivity index (χ4n) is 4.46. The summed E-state index contributed by atoms with van der Waals surface area (Å²) in [6.45, 7) is 7.33. The molecule has 0 N–H and O–H groups in total. The number of aromatic nitrogens is 2. The van der Waals surface area contributed by atoms with Gasteiger partial charge in [-0.2, -0.15) is 0 Å². The van der Waals surface area contributed by atoms with E-state index in [1.54, 1.807) is 36.4 Å². The number of nitrogens with zero attached hydrogens (tertiary/aromatic N) is 2. The van der Waals surface area contributed by atoms with Crippen LogP contribution in [-0.2, 0) is 5.41 Å². The highest BCUT2D eigenvalue weighted by Gasteiger charge is 2.25. The van der Waals surface area contributed by atoms with Crippen molar-refractivity contribution < 1.29 is 0 Å². The first-order chi connectivity index (χ1) is 14.6. The molecule has 0 bridgehead atoms. The third-order valence-corrected chi connectivity index (χ3v) is 5.93. The fraction of sp³-hybridized carbons (Fsp3) is 0.200. The van der Waals surface area contributed by atoms with E-state index in [2.05, 4.69) is 0 Å². The van der Waals surface area contributed by atoms with Gasteiger partial charge >= 0.3 is 0 Å². The van der Waals surface area contributed by atoms with E-state index in [1.165, 1.54) is 10.6 Å². The molecule has 0 radical (unpaired) electrons. The van der Waals surface area contributed by atoms with Crippen molar-refractivity contribution in [3.8, 4) is 0 Å². The molecule has 5 aromatic rings.